The van der Waals surface area contributed by atoms with Crippen LogP contribution < -0.4 is 10.6 Å². The molecule has 6 rings (SSSR count). The van der Waals surface area contributed by atoms with Gasteiger partial charge in [0.25, 0.3) is 0 Å². The van der Waals surface area contributed by atoms with Gasteiger partial charge in [0.05, 0.1) is 0 Å². The van der Waals surface area contributed by atoms with Gasteiger partial charge in [-0.1, -0.05) is 130 Å². The van der Waals surface area contributed by atoms with Gasteiger partial charge in [-0.05, 0) is 188 Å². The van der Waals surface area contributed by atoms with Crippen LogP contribution in [0.3, 0.4) is 0 Å². The highest BCUT2D eigenvalue weighted by Crippen LogP contribution is 2.72. The van der Waals surface area contributed by atoms with E-state index < -0.39 is 0 Å². The fourth-order valence-corrected chi connectivity index (χ4v) is 14.6. The Balaban J connectivity index is 0.000000308. The van der Waals surface area contributed by atoms with Gasteiger partial charge in [0.2, 0.25) is 0 Å². The Hall–Kier alpha value is -1.91. The molecule has 4 heteroatoms. The van der Waals surface area contributed by atoms with Crippen molar-refractivity contribution in [1.29, 1.82) is 0 Å². The van der Waals surface area contributed by atoms with Crippen molar-refractivity contribution in [2.45, 2.75) is 223 Å². The van der Waals surface area contributed by atoms with Gasteiger partial charge in [-0.2, -0.15) is 0 Å². The van der Waals surface area contributed by atoms with Crippen LogP contribution in [0.4, 0.5) is 0 Å². The van der Waals surface area contributed by atoms with Crippen LogP contribution in [0.25, 0.3) is 0 Å². The number of fused-ring (bicyclic) bond motifs is 6. The van der Waals surface area contributed by atoms with Crippen molar-refractivity contribution in [1.82, 2.24) is 15.5 Å². The molecule has 2 N–H and O–H groups in total. The number of ketones is 1. The Labute approximate surface area is 386 Å². The minimum Gasteiger partial charge on any atom is -0.389 e. The second-order valence-corrected chi connectivity index (χ2v) is 21.5. The molecule has 0 aromatic rings. The van der Waals surface area contributed by atoms with Crippen molar-refractivity contribution in [3.05, 3.63) is 60.4 Å². The number of nitrogens with one attached hydrogen (secondary N) is 2. The predicted octanol–water partition coefficient (Wildman–Crippen LogP) is 15.6. The summed E-state index contributed by atoms with van der Waals surface area (Å²) in [6.45, 7) is 39.2. The van der Waals surface area contributed by atoms with Gasteiger partial charge < -0.3 is 10.6 Å². The minimum atomic E-state index is 0.202. The lowest BCUT2D eigenvalue weighted by atomic mass is 9.50. The Morgan fingerprint density at radius 2 is 1.66 bits per heavy atom. The van der Waals surface area contributed by atoms with Crippen molar-refractivity contribution in [3.8, 4) is 0 Å². The molecule has 0 radical (unpaired) electrons. The van der Waals surface area contributed by atoms with Gasteiger partial charge in [-0.3, -0.25) is 9.69 Å². The molecule has 1 spiro atoms. The summed E-state index contributed by atoms with van der Waals surface area (Å²) >= 11 is 0. The van der Waals surface area contributed by atoms with Crippen LogP contribution in [0, 0.1) is 51.8 Å². The first-order valence-electron chi connectivity index (χ1n) is 26.6. The van der Waals surface area contributed by atoms with Crippen LogP contribution in [-0.4, -0.2) is 48.9 Å². The van der Waals surface area contributed by atoms with E-state index in [2.05, 4.69) is 104 Å². The van der Waals surface area contributed by atoms with E-state index >= 15 is 0 Å². The summed E-state index contributed by atoms with van der Waals surface area (Å²) in [5, 5.41) is 6.95. The molecule has 62 heavy (non-hydrogen) atoms. The Kier molecular flexibility index (Phi) is 22.6. The molecule has 1 heterocycles. The highest BCUT2D eigenvalue weighted by Gasteiger charge is 2.64. The van der Waals surface area contributed by atoms with E-state index in [0.29, 0.717) is 22.5 Å². The lowest BCUT2D eigenvalue weighted by Crippen LogP contribution is -2.54. The summed E-state index contributed by atoms with van der Waals surface area (Å²) in [5.41, 5.74) is 6.56. The molecule has 0 bridgehead atoms. The molecule has 11 atom stereocenters. The van der Waals surface area contributed by atoms with E-state index in [4.69, 9.17) is 0 Å². The smallest absolute Gasteiger partial charge is 0.155 e. The summed E-state index contributed by atoms with van der Waals surface area (Å²) in [6.07, 6.45) is 35.6. The minimum absolute atomic E-state index is 0.202. The fraction of sp³-hybridized carbons (Fsp3) is 0.810. The van der Waals surface area contributed by atoms with E-state index in [9.17, 15) is 4.79 Å². The highest BCUT2D eigenvalue weighted by atomic mass is 16.1. The van der Waals surface area contributed by atoms with Gasteiger partial charge in [-0.15, -0.1) is 13.2 Å². The average molecular weight is 858 g/mol. The molecule has 0 aromatic heterocycles. The molecule has 1 aliphatic heterocycles. The van der Waals surface area contributed by atoms with Crippen molar-refractivity contribution in [2.24, 2.45) is 51.8 Å². The monoisotopic (exact) mass is 858 g/mol. The summed E-state index contributed by atoms with van der Waals surface area (Å²) in [4.78, 5) is 15.2. The molecule has 1 saturated heterocycles. The third kappa shape index (κ3) is 12.1. The quantitative estimate of drug-likeness (QED) is 0.106. The Morgan fingerprint density at radius 3 is 2.27 bits per heavy atom. The standard InChI is InChI=1S/C32H49NO.C16H32N2.C8H16.C2H6/c1-7-14-33-19-20(2)15-23-18-32(22(4)29(23)33)13-10-27-26(21(32)3)17-28-30(5)12-9-25(34)16-24(30)8-11-31(27,28)6;1-6-9-10-11-12-15(4)16(8-3,17-5)14-18-13-7-2;1-3-5-7-8-6-4-2;1-2/h16,20,22-23,27-29H,7-15,17-19H2,1-6H3;6-7,13,15,17-18H,1,8-12,14H2,2-5H3;3H,1,4-8H2,2H3;1-2H3/t20?,22-,23+,27?,28?,29?,30?,31+,32?;;;/m1.../s1. The van der Waals surface area contributed by atoms with Crippen LogP contribution in [-0.2, 0) is 4.79 Å². The molecular formula is C58H103N3O. The summed E-state index contributed by atoms with van der Waals surface area (Å²) < 4.78 is 0. The number of unbranched alkanes of at least 4 members (excludes halogenated alkanes) is 6. The molecular weight excluding hydrogens is 755 g/mol. The number of likely N-dealkylation sites (tertiary alicyclic amines) is 1. The van der Waals surface area contributed by atoms with Crippen LogP contribution in [0.15, 0.2) is 60.4 Å². The third-order valence-electron chi connectivity index (χ3n) is 18.2. The number of rotatable bonds is 18. The van der Waals surface area contributed by atoms with E-state index in [1.807, 2.05) is 56.3 Å². The Morgan fingerprint density at radius 1 is 0.968 bits per heavy atom. The van der Waals surface area contributed by atoms with Crippen LogP contribution in [0.2, 0.25) is 0 Å². The molecule has 356 valence electrons. The third-order valence-corrected chi connectivity index (χ3v) is 18.2. The zero-order valence-corrected chi connectivity index (χ0v) is 43.5. The molecule has 6 aliphatic rings. The van der Waals surface area contributed by atoms with Crippen molar-refractivity contribution in [3.63, 3.8) is 0 Å². The van der Waals surface area contributed by atoms with Crippen LogP contribution >= 0.6 is 0 Å². The number of carbonyl (C=O) groups excluding carboxylic acids is 1. The van der Waals surface area contributed by atoms with Crippen LogP contribution in [0.5, 0.6) is 0 Å². The largest absolute Gasteiger partial charge is 0.389 e. The van der Waals surface area contributed by atoms with Crippen molar-refractivity contribution in [2.75, 3.05) is 26.7 Å². The molecule has 3 saturated carbocycles. The summed E-state index contributed by atoms with van der Waals surface area (Å²) in [6, 6.07) is 0.805. The number of nitrogens with zero attached hydrogens (tertiary/aromatic N) is 1. The highest BCUT2D eigenvalue weighted by molar-refractivity contribution is 5.91. The van der Waals surface area contributed by atoms with E-state index in [1.54, 1.807) is 0 Å². The van der Waals surface area contributed by atoms with Gasteiger partial charge in [-0.25, -0.2) is 0 Å². The topological polar surface area (TPSA) is 44.4 Å². The SMILES string of the molecule is C=CCCCCC(C)C(CC)(CNC=CC)NC.C=CCCCCCC.CC.CCCN1CC(C)C[C@H]2CC3(CCC4C(=C3C)CC3C5(C)CCC(=O)C=C5CC[C@@]43C)[C@H](C)C21. The lowest BCUT2D eigenvalue weighted by Gasteiger charge is -2.54. The first-order valence-corrected chi connectivity index (χ1v) is 26.6. The van der Waals surface area contributed by atoms with Gasteiger partial charge in [0.1, 0.15) is 0 Å². The zero-order chi connectivity index (χ0) is 46.1. The number of carbonyl (C=O) groups is 1. The zero-order valence-electron chi connectivity index (χ0n) is 43.5. The normalized spacial score (nSPS) is 33.8. The van der Waals surface area contributed by atoms with Gasteiger partial charge in [0, 0.05) is 31.1 Å². The maximum Gasteiger partial charge on any atom is 0.155 e. The average Bonchev–Trinajstić information content (AvgIpc) is 3.74. The maximum absolute atomic E-state index is 12.3. The van der Waals surface area contributed by atoms with E-state index in [0.717, 1.165) is 74.3 Å². The first-order chi connectivity index (χ1) is 29.7. The molecule has 8 unspecified atom stereocenters. The number of hydrogen-bond donors (Lipinski definition) is 2. The maximum atomic E-state index is 12.3. The van der Waals surface area contributed by atoms with E-state index in [-0.39, 0.29) is 11.0 Å². The lowest BCUT2D eigenvalue weighted by molar-refractivity contribution is -0.116. The molecule has 0 amide bonds. The predicted molar refractivity (Wildman–Crippen MR) is 273 cm³/mol. The number of likely N-dealkylation sites (N-methyl/N-ethyl adjacent to an activating group) is 1. The number of hydrogen-bond acceptors (Lipinski definition) is 4. The van der Waals surface area contributed by atoms with E-state index in [1.165, 1.54) is 115 Å². The molecule has 0 aromatic carbocycles. The second kappa shape index (κ2) is 25.7. The summed E-state index contributed by atoms with van der Waals surface area (Å²) in [5.74, 6) is 5.12. The van der Waals surface area contributed by atoms with Crippen molar-refractivity contribution < 1.29 is 4.79 Å². The first kappa shape index (κ1) is 54.4. The number of piperidine rings is 1. The fourth-order valence-electron chi connectivity index (χ4n) is 14.6. The van der Waals surface area contributed by atoms with Gasteiger partial charge >= 0.3 is 0 Å². The summed E-state index contributed by atoms with van der Waals surface area (Å²) in [7, 11) is 2.08. The Bertz CT molecular complexity index is 1470. The number of allylic oxidation sites excluding steroid dienone is 7. The molecule has 5 aliphatic carbocycles. The van der Waals surface area contributed by atoms with Gasteiger partial charge in [0.15, 0.2) is 5.78 Å². The second-order valence-electron chi connectivity index (χ2n) is 21.5. The van der Waals surface area contributed by atoms with Crippen molar-refractivity contribution >= 4 is 5.78 Å². The molecule has 4 nitrogen and oxygen atoms in total. The van der Waals surface area contributed by atoms with Crippen LogP contribution in [0.1, 0.15) is 212 Å². The molecule has 4 fully saturated rings.